The third kappa shape index (κ3) is 4.68. The molecule has 4 aromatic rings. The van der Waals surface area contributed by atoms with E-state index in [1.165, 1.54) is 31.2 Å². The number of rotatable bonds is 7. The first-order chi connectivity index (χ1) is 17.1. The first-order valence-electron chi connectivity index (χ1n) is 12.5. The van der Waals surface area contributed by atoms with Crippen molar-refractivity contribution < 1.29 is 4.52 Å². The van der Waals surface area contributed by atoms with Crippen molar-refractivity contribution in [2.24, 2.45) is 0 Å². The van der Waals surface area contributed by atoms with E-state index in [1.54, 1.807) is 12.4 Å². The Kier molecular flexibility index (Phi) is 5.78. The van der Waals surface area contributed by atoms with Crippen LogP contribution in [-0.2, 0) is 6.54 Å². The number of aromatic nitrogens is 4. The maximum atomic E-state index is 12.4. The fourth-order valence-electron chi connectivity index (χ4n) is 4.88. The fraction of sp³-hybridized carbons (Fsp3) is 0.357. The molecule has 2 aliphatic carbocycles. The quantitative estimate of drug-likeness (QED) is 0.379. The highest BCUT2D eigenvalue weighted by atomic mass is 16.5. The van der Waals surface area contributed by atoms with Gasteiger partial charge in [0.2, 0.25) is 0 Å². The minimum absolute atomic E-state index is 0.00448. The lowest BCUT2D eigenvalue weighted by atomic mass is 9.97. The first-order valence-corrected chi connectivity index (χ1v) is 12.5. The lowest BCUT2D eigenvalue weighted by Gasteiger charge is -2.10. The molecular weight excluding hydrogens is 438 g/mol. The zero-order valence-corrected chi connectivity index (χ0v) is 19.9. The Morgan fingerprint density at radius 1 is 1.03 bits per heavy atom. The van der Waals surface area contributed by atoms with Crippen LogP contribution < -0.4 is 10.9 Å². The summed E-state index contributed by atoms with van der Waals surface area (Å²) in [5.74, 6) is 0.899. The molecule has 0 unspecified atom stereocenters. The number of aromatic amines is 1. The van der Waals surface area contributed by atoms with Crippen LogP contribution in [0.25, 0.3) is 34.0 Å². The van der Waals surface area contributed by atoms with Crippen molar-refractivity contribution in [1.82, 2.24) is 25.4 Å². The Bertz CT molecular complexity index is 1400. The molecule has 0 radical (unpaired) electrons. The lowest BCUT2D eigenvalue weighted by Crippen LogP contribution is -2.14. The van der Waals surface area contributed by atoms with Crippen LogP contribution in [-0.4, -0.2) is 26.2 Å². The van der Waals surface area contributed by atoms with Crippen molar-refractivity contribution in [2.75, 3.05) is 0 Å². The minimum Gasteiger partial charge on any atom is -0.354 e. The van der Waals surface area contributed by atoms with E-state index in [0.717, 1.165) is 47.5 Å². The van der Waals surface area contributed by atoms with Gasteiger partial charge in [0.15, 0.2) is 5.76 Å². The molecule has 6 rings (SSSR count). The predicted molar refractivity (Wildman–Crippen MR) is 135 cm³/mol. The van der Waals surface area contributed by atoms with Crippen LogP contribution in [0.1, 0.15) is 61.3 Å². The van der Waals surface area contributed by atoms with Crippen LogP contribution in [0.3, 0.4) is 0 Å². The third-order valence-corrected chi connectivity index (χ3v) is 7.14. The maximum absolute atomic E-state index is 12.4. The van der Waals surface area contributed by atoms with Crippen LogP contribution in [0.5, 0.6) is 0 Å². The second-order valence-electron chi connectivity index (χ2n) is 9.77. The molecule has 0 amide bonds. The second kappa shape index (κ2) is 9.23. The summed E-state index contributed by atoms with van der Waals surface area (Å²) in [6.07, 6.45) is 10.5. The highest BCUT2D eigenvalue weighted by Crippen LogP contribution is 2.34. The summed E-state index contributed by atoms with van der Waals surface area (Å²) in [4.78, 5) is 24.8. The van der Waals surface area contributed by atoms with Gasteiger partial charge in [-0.3, -0.25) is 9.78 Å². The zero-order valence-electron chi connectivity index (χ0n) is 19.9. The Hall–Kier alpha value is -3.58. The zero-order chi connectivity index (χ0) is 23.8. The van der Waals surface area contributed by atoms with E-state index in [4.69, 9.17) is 9.51 Å². The topological polar surface area (TPSA) is 96.7 Å². The predicted octanol–water partition coefficient (Wildman–Crippen LogP) is 5.37. The molecule has 0 saturated heterocycles. The van der Waals surface area contributed by atoms with Crippen molar-refractivity contribution in [3.05, 3.63) is 76.0 Å². The Morgan fingerprint density at radius 3 is 2.60 bits per heavy atom. The van der Waals surface area contributed by atoms with Crippen molar-refractivity contribution in [3.8, 4) is 34.0 Å². The monoisotopic (exact) mass is 467 g/mol. The molecule has 178 valence electrons. The molecule has 7 nitrogen and oxygen atoms in total. The van der Waals surface area contributed by atoms with Crippen LogP contribution in [0.4, 0.5) is 0 Å². The van der Waals surface area contributed by atoms with Gasteiger partial charge in [0, 0.05) is 41.5 Å². The highest BCUT2D eigenvalue weighted by molar-refractivity contribution is 5.68. The largest absolute Gasteiger partial charge is 0.354 e. The number of hydrogen-bond donors (Lipinski definition) is 2. The summed E-state index contributed by atoms with van der Waals surface area (Å²) in [6, 6.07) is 13.0. The molecule has 3 heterocycles. The maximum Gasteiger partial charge on any atom is 0.251 e. The average molecular weight is 468 g/mol. The molecule has 0 bridgehead atoms. The van der Waals surface area contributed by atoms with E-state index in [2.05, 4.69) is 44.7 Å². The van der Waals surface area contributed by atoms with Gasteiger partial charge < -0.3 is 14.8 Å². The molecule has 0 atom stereocenters. The summed E-state index contributed by atoms with van der Waals surface area (Å²) < 4.78 is 5.70. The Labute approximate surface area is 204 Å². The summed E-state index contributed by atoms with van der Waals surface area (Å²) in [5.41, 5.74) is 6.84. The van der Waals surface area contributed by atoms with Gasteiger partial charge in [-0.05, 0) is 50.2 Å². The number of aryl methyl sites for hydroxylation is 1. The third-order valence-electron chi connectivity index (χ3n) is 7.14. The Balaban J connectivity index is 1.26. The van der Waals surface area contributed by atoms with Crippen molar-refractivity contribution in [3.63, 3.8) is 0 Å². The van der Waals surface area contributed by atoms with Gasteiger partial charge in [0.25, 0.3) is 5.56 Å². The van der Waals surface area contributed by atoms with Crippen molar-refractivity contribution in [2.45, 2.75) is 64.0 Å². The number of hydrogen-bond acceptors (Lipinski definition) is 6. The Morgan fingerprint density at radius 2 is 1.83 bits per heavy atom. The molecule has 7 heteroatoms. The molecule has 35 heavy (non-hydrogen) atoms. The highest BCUT2D eigenvalue weighted by Gasteiger charge is 2.22. The second-order valence-corrected chi connectivity index (χ2v) is 9.77. The summed E-state index contributed by atoms with van der Waals surface area (Å²) in [6.45, 7) is 2.80. The average Bonchev–Trinajstić information content (AvgIpc) is 3.32. The SMILES string of the molecule is Cc1ncc(-c2c[nH]c(=O)c(C3CCCC3)c2)nc1-c1cc(-c2ccc(CNC3CC3)cc2)no1. The van der Waals surface area contributed by atoms with Gasteiger partial charge in [0.05, 0.1) is 17.6 Å². The van der Waals surface area contributed by atoms with Crippen molar-refractivity contribution >= 4 is 0 Å². The van der Waals surface area contributed by atoms with E-state index in [-0.39, 0.29) is 5.56 Å². The van der Waals surface area contributed by atoms with E-state index in [0.29, 0.717) is 29.1 Å². The molecule has 2 fully saturated rings. The molecule has 1 aromatic carbocycles. The first kappa shape index (κ1) is 21.9. The van der Waals surface area contributed by atoms with E-state index in [9.17, 15) is 4.79 Å². The van der Waals surface area contributed by atoms with Crippen LogP contribution >= 0.6 is 0 Å². The molecule has 2 saturated carbocycles. The molecule has 0 aliphatic heterocycles. The molecular formula is C28H29N5O2. The minimum atomic E-state index is -0.00448. The van der Waals surface area contributed by atoms with Gasteiger partial charge in [-0.2, -0.15) is 0 Å². The number of benzene rings is 1. The van der Waals surface area contributed by atoms with Gasteiger partial charge in [0.1, 0.15) is 11.4 Å². The summed E-state index contributed by atoms with van der Waals surface area (Å²) in [5, 5.41) is 7.83. The number of pyridine rings is 1. The van der Waals surface area contributed by atoms with E-state index < -0.39 is 0 Å². The lowest BCUT2D eigenvalue weighted by molar-refractivity contribution is 0.433. The number of H-pyrrole nitrogens is 1. The van der Waals surface area contributed by atoms with Crippen molar-refractivity contribution in [1.29, 1.82) is 0 Å². The molecule has 2 N–H and O–H groups in total. The van der Waals surface area contributed by atoms with E-state index >= 15 is 0 Å². The van der Waals surface area contributed by atoms with Gasteiger partial charge >= 0.3 is 0 Å². The van der Waals surface area contributed by atoms with Gasteiger partial charge in [-0.1, -0.05) is 42.3 Å². The summed E-state index contributed by atoms with van der Waals surface area (Å²) in [7, 11) is 0. The standard InChI is InChI=1S/C28H29N5O2/c1-17-27(26-13-24(33-35-26)20-8-6-18(7-9-20)14-30-22-10-11-22)32-25(16-29-17)21-12-23(28(34)31-15-21)19-4-2-3-5-19/h6-9,12-13,15-16,19,22,30H,2-5,10-11,14H2,1H3,(H,31,34). The molecule has 0 spiro atoms. The fourth-order valence-corrected chi connectivity index (χ4v) is 4.88. The number of nitrogens with one attached hydrogen (secondary N) is 2. The smallest absolute Gasteiger partial charge is 0.251 e. The molecule has 2 aliphatic rings. The van der Waals surface area contributed by atoms with Crippen LogP contribution in [0, 0.1) is 6.92 Å². The number of nitrogens with zero attached hydrogens (tertiary/aromatic N) is 3. The van der Waals surface area contributed by atoms with Crippen LogP contribution in [0.15, 0.2) is 58.1 Å². The van der Waals surface area contributed by atoms with Gasteiger partial charge in [-0.15, -0.1) is 0 Å². The van der Waals surface area contributed by atoms with Gasteiger partial charge in [-0.25, -0.2) is 4.98 Å². The normalized spacial score (nSPS) is 16.1. The van der Waals surface area contributed by atoms with E-state index in [1.807, 2.05) is 19.1 Å². The summed E-state index contributed by atoms with van der Waals surface area (Å²) >= 11 is 0. The van der Waals surface area contributed by atoms with Crippen LogP contribution in [0.2, 0.25) is 0 Å². The molecule has 3 aromatic heterocycles.